The minimum absolute atomic E-state index is 0.0379. The van der Waals surface area contributed by atoms with E-state index >= 15 is 0 Å². The van der Waals surface area contributed by atoms with Gasteiger partial charge in [-0.3, -0.25) is 0 Å². The van der Waals surface area contributed by atoms with Gasteiger partial charge in [0.1, 0.15) is 0 Å². The van der Waals surface area contributed by atoms with E-state index < -0.39 is 8.56 Å². The third kappa shape index (κ3) is 5.36. The fourth-order valence-electron chi connectivity index (χ4n) is 1.63. The van der Waals surface area contributed by atoms with Gasteiger partial charge in [0.05, 0.1) is 0 Å². The average molecular weight is 258 g/mol. The van der Waals surface area contributed by atoms with E-state index in [1.165, 1.54) is 0 Å². The van der Waals surface area contributed by atoms with Crippen molar-refractivity contribution >= 4 is 8.56 Å². The van der Waals surface area contributed by atoms with Crippen LogP contribution in [0.2, 0.25) is 5.04 Å². The molecule has 0 saturated heterocycles. The Kier molecular flexibility index (Phi) is 8.00. The molecule has 0 saturated carbocycles. The predicted octanol–water partition coefficient (Wildman–Crippen LogP) is 4.59. The summed E-state index contributed by atoms with van der Waals surface area (Å²) < 4.78 is 12.3. The summed E-state index contributed by atoms with van der Waals surface area (Å²) in [5, 5.41) is 0.0379. The topological polar surface area (TPSA) is 18.5 Å². The molecule has 0 aromatic carbocycles. The van der Waals surface area contributed by atoms with Crippen LogP contribution in [0.5, 0.6) is 0 Å². The molecule has 0 spiro atoms. The molecule has 0 aromatic heterocycles. The zero-order valence-corrected chi connectivity index (χ0v) is 13.3. The molecule has 0 fully saturated rings. The molecule has 0 N–H and O–H groups in total. The summed E-state index contributed by atoms with van der Waals surface area (Å²) in [6.07, 6.45) is 4.49. The highest BCUT2D eigenvalue weighted by atomic mass is 28.4. The van der Waals surface area contributed by atoms with Crippen molar-refractivity contribution in [2.24, 2.45) is 0 Å². The van der Waals surface area contributed by atoms with Gasteiger partial charge in [-0.2, -0.15) is 0 Å². The molecule has 0 unspecified atom stereocenters. The SMILES string of the molecule is C=C[Si](OCCCC)(OCCCC)C(C)(C)C. The molecule has 0 radical (unpaired) electrons. The molecule has 0 aliphatic carbocycles. The van der Waals surface area contributed by atoms with Crippen molar-refractivity contribution in [3.63, 3.8) is 0 Å². The van der Waals surface area contributed by atoms with Gasteiger partial charge in [0.2, 0.25) is 0 Å². The highest BCUT2D eigenvalue weighted by Gasteiger charge is 2.46. The first kappa shape index (κ1) is 16.9. The molecule has 3 heteroatoms. The lowest BCUT2D eigenvalue weighted by Crippen LogP contribution is -2.49. The second-order valence-electron chi connectivity index (χ2n) is 5.53. The van der Waals surface area contributed by atoms with Crippen molar-refractivity contribution in [2.45, 2.75) is 65.3 Å². The Morgan fingerprint density at radius 1 is 1.00 bits per heavy atom. The van der Waals surface area contributed by atoms with Gasteiger partial charge < -0.3 is 8.85 Å². The maximum absolute atomic E-state index is 6.13. The Labute approximate surface area is 109 Å². The number of unbranched alkanes of at least 4 members (excludes halogenated alkanes) is 2. The van der Waals surface area contributed by atoms with E-state index in [-0.39, 0.29) is 5.04 Å². The second kappa shape index (κ2) is 8.06. The maximum atomic E-state index is 6.13. The van der Waals surface area contributed by atoms with Gasteiger partial charge >= 0.3 is 8.56 Å². The minimum atomic E-state index is -2.28. The molecule has 0 aromatic rings. The molecule has 102 valence electrons. The van der Waals surface area contributed by atoms with Crippen LogP contribution in [0.3, 0.4) is 0 Å². The molecule has 0 bridgehead atoms. The first-order chi connectivity index (χ1) is 7.93. The van der Waals surface area contributed by atoms with Crippen molar-refractivity contribution in [3.05, 3.63) is 12.3 Å². The summed E-state index contributed by atoms with van der Waals surface area (Å²) in [6, 6.07) is 0. The van der Waals surface area contributed by atoms with Crippen molar-refractivity contribution in [3.8, 4) is 0 Å². The zero-order chi connectivity index (χ0) is 13.4. The smallest absolute Gasteiger partial charge is 0.370 e. The van der Waals surface area contributed by atoms with Crippen LogP contribution in [0.25, 0.3) is 0 Å². The predicted molar refractivity (Wildman–Crippen MR) is 77.4 cm³/mol. The van der Waals surface area contributed by atoms with Crippen LogP contribution in [0.1, 0.15) is 60.3 Å². The van der Waals surface area contributed by atoms with Crippen LogP contribution in [-0.4, -0.2) is 21.8 Å². The molecule has 0 aliphatic rings. The largest absolute Gasteiger partial charge is 0.391 e. The molecular formula is C14H30O2Si. The minimum Gasteiger partial charge on any atom is -0.391 e. The summed E-state index contributed by atoms with van der Waals surface area (Å²) in [4.78, 5) is 0. The van der Waals surface area contributed by atoms with Crippen LogP contribution in [-0.2, 0) is 8.85 Å². The highest BCUT2D eigenvalue weighted by molar-refractivity contribution is 6.75. The van der Waals surface area contributed by atoms with Crippen molar-refractivity contribution in [1.29, 1.82) is 0 Å². The molecule has 0 amide bonds. The molecule has 0 heterocycles. The fourth-order valence-corrected chi connectivity index (χ4v) is 4.33. The van der Waals surface area contributed by atoms with Crippen LogP contribution < -0.4 is 0 Å². The van der Waals surface area contributed by atoms with Gasteiger partial charge in [0, 0.05) is 18.3 Å². The highest BCUT2D eigenvalue weighted by Crippen LogP contribution is 2.38. The molecular weight excluding hydrogens is 228 g/mol. The molecule has 0 atom stereocenters. The molecule has 0 rings (SSSR count). The third-order valence-electron chi connectivity index (χ3n) is 2.94. The van der Waals surface area contributed by atoms with Crippen LogP contribution in [0.4, 0.5) is 0 Å². The van der Waals surface area contributed by atoms with E-state index in [4.69, 9.17) is 8.85 Å². The second-order valence-corrected chi connectivity index (χ2v) is 9.35. The van der Waals surface area contributed by atoms with Gasteiger partial charge in [0.15, 0.2) is 0 Å². The molecule has 2 nitrogen and oxygen atoms in total. The maximum Gasteiger partial charge on any atom is 0.370 e. The van der Waals surface area contributed by atoms with Crippen LogP contribution in [0.15, 0.2) is 12.3 Å². The van der Waals surface area contributed by atoms with Gasteiger partial charge in [-0.25, -0.2) is 0 Å². The van der Waals surface area contributed by atoms with Gasteiger partial charge in [-0.15, -0.1) is 6.58 Å². The summed E-state index contributed by atoms with van der Waals surface area (Å²) >= 11 is 0. The van der Waals surface area contributed by atoms with Crippen molar-refractivity contribution in [1.82, 2.24) is 0 Å². The zero-order valence-electron chi connectivity index (χ0n) is 12.3. The van der Waals surface area contributed by atoms with E-state index in [9.17, 15) is 0 Å². The normalized spacial score (nSPS) is 12.8. The Balaban J connectivity index is 4.58. The Bertz CT molecular complexity index is 199. The fraction of sp³-hybridized carbons (Fsp3) is 0.857. The lowest BCUT2D eigenvalue weighted by Gasteiger charge is -2.38. The summed E-state index contributed by atoms with van der Waals surface area (Å²) in [6.45, 7) is 16.5. The van der Waals surface area contributed by atoms with Gasteiger partial charge in [-0.05, 0) is 18.5 Å². The van der Waals surface area contributed by atoms with Crippen LogP contribution in [0, 0.1) is 0 Å². The monoisotopic (exact) mass is 258 g/mol. The Morgan fingerprint density at radius 3 is 1.65 bits per heavy atom. The third-order valence-corrected chi connectivity index (χ3v) is 6.84. The van der Waals surface area contributed by atoms with Crippen molar-refractivity contribution < 1.29 is 8.85 Å². The van der Waals surface area contributed by atoms with E-state index in [2.05, 4.69) is 41.2 Å². The first-order valence-corrected chi connectivity index (χ1v) is 8.74. The van der Waals surface area contributed by atoms with E-state index in [1.807, 2.05) is 5.70 Å². The number of rotatable bonds is 9. The Hall–Kier alpha value is -0.123. The lowest BCUT2D eigenvalue weighted by atomic mass is 10.2. The Morgan fingerprint density at radius 2 is 1.41 bits per heavy atom. The van der Waals surface area contributed by atoms with Gasteiger partial charge in [-0.1, -0.05) is 47.5 Å². The summed E-state index contributed by atoms with van der Waals surface area (Å²) in [5.41, 5.74) is 1.96. The van der Waals surface area contributed by atoms with E-state index in [0.29, 0.717) is 0 Å². The number of hydrogen-bond acceptors (Lipinski definition) is 2. The molecule has 0 aliphatic heterocycles. The average Bonchev–Trinajstić information content (AvgIpc) is 2.26. The van der Waals surface area contributed by atoms with Crippen LogP contribution >= 0.6 is 0 Å². The van der Waals surface area contributed by atoms with E-state index in [1.54, 1.807) is 0 Å². The lowest BCUT2D eigenvalue weighted by molar-refractivity contribution is 0.154. The summed E-state index contributed by atoms with van der Waals surface area (Å²) in [7, 11) is -2.28. The quantitative estimate of drug-likeness (QED) is 0.445. The number of hydrogen-bond donors (Lipinski definition) is 0. The molecule has 17 heavy (non-hydrogen) atoms. The van der Waals surface area contributed by atoms with E-state index in [0.717, 1.165) is 38.9 Å². The summed E-state index contributed by atoms with van der Waals surface area (Å²) in [5.74, 6) is 0. The standard InChI is InChI=1S/C14H30O2Si/c1-7-10-12-15-17(9-3,14(4,5)6)16-13-11-8-2/h9H,3,7-8,10-13H2,1-2,4-6H3. The van der Waals surface area contributed by atoms with Crippen molar-refractivity contribution in [2.75, 3.05) is 13.2 Å². The van der Waals surface area contributed by atoms with Gasteiger partial charge in [0.25, 0.3) is 0 Å². The first-order valence-electron chi connectivity index (χ1n) is 6.85.